The molecule has 0 spiro atoms. The van der Waals surface area contributed by atoms with Gasteiger partial charge in [-0.3, -0.25) is 0 Å². The van der Waals surface area contributed by atoms with E-state index in [9.17, 15) is 10.2 Å². The zero-order valence-corrected chi connectivity index (χ0v) is 20.4. The molecular weight excluding hydrogens is 430 g/mol. The molecule has 4 heteroatoms. The number of fused-ring (bicyclic) bond motifs is 2. The molecule has 6 rings (SSSR count). The first-order chi connectivity index (χ1) is 16.7. The van der Waals surface area contributed by atoms with Gasteiger partial charge in [-0.05, 0) is 67.1 Å². The van der Waals surface area contributed by atoms with Crippen LogP contribution in [0.1, 0.15) is 0 Å². The van der Waals surface area contributed by atoms with Crippen molar-refractivity contribution in [1.29, 1.82) is 0 Å². The third-order valence-corrected chi connectivity index (χ3v) is 6.42. The minimum atomic E-state index is -0.127. The number of hydrogen-bond donors (Lipinski definition) is 0. The molecule has 0 aliphatic heterocycles. The van der Waals surface area contributed by atoms with Gasteiger partial charge in [-0.2, -0.15) is 0 Å². The molecule has 0 aliphatic carbocycles. The van der Waals surface area contributed by atoms with Crippen LogP contribution in [0.3, 0.4) is 0 Å². The van der Waals surface area contributed by atoms with E-state index in [1.165, 1.54) is 0 Å². The van der Waals surface area contributed by atoms with Crippen molar-refractivity contribution in [2.24, 2.45) is 0 Å². The molecule has 0 saturated heterocycles. The summed E-state index contributed by atoms with van der Waals surface area (Å²) in [4.78, 5) is 0. The van der Waals surface area contributed by atoms with Gasteiger partial charge in [0, 0.05) is 0 Å². The Morgan fingerprint density at radius 2 is 0.722 bits per heavy atom. The van der Waals surface area contributed by atoms with Crippen molar-refractivity contribution in [3.05, 3.63) is 121 Å². The molecule has 6 aromatic carbocycles. The van der Waals surface area contributed by atoms with Gasteiger partial charge in [-0.25, -0.2) is 0 Å². The summed E-state index contributed by atoms with van der Waals surface area (Å²) in [5.74, 6) is -0.255. The largest absolute Gasteiger partial charge is 1.00 e. The van der Waals surface area contributed by atoms with Crippen LogP contribution in [0, 0.1) is 0 Å². The Morgan fingerprint density at radius 1 is 0.389 bits per heavy atom. The van der Waals surface area contributed by atoms with Gasteiger partial charge in [0.2, 0.25) is 0 Å². The van der Waals surface area contributed by atoms with Gasteiger partial charge < -0.3 is 10.2 Å². The quantitative estimate of drug-likeness (QED) is 0.380. The monoisotopic (exact) mass is 450 g/mol. The van der Waals surface area contributed by atoms with E-state index in [-0.39, 0.29) is 49.2 Å². The number of rotatable bonds is 3. The van der Waals surface area contributed by atoms with Crippen molar-refractivity contribution >= 4 is 21.5 Å². The predicted octanol–water partition coefficient (Wildman–Crippen LogP) is 1.15. The van der Waals surface area contributed by atoms with Gasteiger partial charge in [0.15, 0.2) is 0 Å². The fourth-order valence-electron chi connectivity index (χ4n) is 4.82. The standard InChI is InChI=1S/C32H22O2.2Li/c33-31-27(21-11-3-1-4-12-21)19-23-15-7-9-17-25(23)29(31)30-26-18-10-8-16-24(26)20-28(32(30)34)22-13-5-2-6-14-22;;/h1-20,33-34H;;/q;2*+1/p-2. The minimum absolute atomic E-state index is 0. The first-order valence-corrected chi connectivity index (χ1v) is 11.3. The molecule has 0 radical (unpaired) electrons. The smallest absolute Gasteiger partial charge is 0.872 e. The molecule has 0 atom stereocenters. The molecule has 0 amide bonds. The van der Waals surface area contributed by atoms with E-state index in [1.807, 2.05) is 121 Å². The molecule has 162 valence electrons. The predicted molar refractivity (Wildman–Crippen MR) is 137 cm³/mol. The van der Waals surface area contributed by atoms with Gasteiger partial charge in [0.05, 0.1) is 0 Å². The van der Waals surface area contributed by atoms with Gasteiger partial charge in [-0.1, -0.05) is 121 Å². The Balaban J connectivity index is 0.00000152. The third kappa shape index (κ3) is 4.35. The number of hydrogen-bond acceptors (Lipinski definition) is 2. The second kappa shape index (κ2) is 10.7. The van der Waals surface area contributed by atoms with E-state index in [0.29, 0.717) is 22.3 Å². The second-order valence-corrected chi connectivity index (χ2v) is 8.43. The van der Waals surface area contributed by atoms with Crippen LogP contribution >= 0.6 is 0 Å². The average molecular weight is 450 g/mol. The van der Waals surface area contributed by atoms with Crippen LogP contribution in [-0.4, -0.2) is 0 Å². The molecular formula is C32H20Li2O2. The van der Waals surface area contributed by atoms with E-state index < -0.39 is 0 Å². The SMILES string of the molecule is [Li+].[Li+].[O-]c1c(-c2ccccc2)cc2ccccc2c1-c1c([O-])c(-c2ccccc2)cc2ccccc12. The van der Waals surface area contributed by atoms with E-state index in [4.69, 9.17) is 0 Å². The topological polar surface area (TPSA) is 46.1 Å². The average Bonchev–Trinajstić information content (AvgIpc) is 2.90. The maximum Gasteiger partial charge on any atom is 1.00 e. The van der Waals surface area contributed by atoms with E-state index in [0.717, 1.165) is 32.7 Å². The second-order valence-electron chi connectivity index (χ2n) is 8.43. The molecule has 36 heavy (non-hydrogen) atoms. The Labute approximate surface area is 234 Å². The number of benzene rings is 6. The van der Waals surface area contributed by atoms with Gasteiger partial charge >= 0.3 is 37.7 Å². The molecule has 6 aromatic rings. The van der Waals surface area contributed by atoms with Crippen molar-refractivity contribution in [3.63, 3.8) is 0 Å². The summed E-state index contributed by atoms with van der Waals surface area (Å²) in [5.41, 5.74) is 3.82. The van der Waals surface area contributed by atoms with Gasteiger partial charge in [-0.15, -0.1) is 0 Å². The first kappa shape index (κ1) is 25.7. The van der Waals surface area contributed by atoms with Crippen LogP contribution in [-0.2, 0) is 0 Å². The van der Waals surface area contributed by atoms with Crippen molar-refractivity contribution < 1.29 is 47.9 Å². The molecule has 0 aliphatic rings. The fourth-order valence-corrected chi connectivity index (χ4v) is 4.82. The van der Waals surface area contributed by atoms with Crippen LogP contribution in [0.4, 0.5) is 0 Å². The van der Waals surface area contributed by atoms with Crippen molar-refractivity contribution in [2.75, 3.05) is 0 Å². The van der Waals surface area contributed by atoms with Crippen LogP contribution in [0.25, 0.3) is 54.9 Å². The zero-order valence-electron chi connectivity index (χ0n) is 20.4. The fraction of sp³-hybridized carbons (Fsp3) is 0. The Morgan fingerprint density at radius 3 is 1.11 bits per heavy atom. The third-order valence-electron chi connectivity index (χ3n) is 6.42. The Hall–Kier alpha value is -3.37. The first-order valence-electron chi connectivity index (χ1n) is 11.3. The summed E-state index contributed by atoms with van der Waals surface area (Å²) in [6.07, 6.45) is 0. The molecule has 0 saturated carbocycles. The van der Waals surface area contributed by atoms with Crippen LogP contribution in [0.15, 0.2) is 121 Å². The molecule has 0 aromatic heterocycles. The molecule has 0 unspecified atom stereocenters. The van der Waals surface area contributed by atoms with Gasteiger partial charge in [0.25, 0.3) is 0 Å². The van der Waals surface area contributed by atoms with E-state index >= 15 is 0 Å². The summed E-state index contributed by atoms with van der Waals surface area (Å²) in [6, 6.07) is 38.8. The van der Waals surface area contributed by atoms with Crippen LogP contribution < -0.4 is 47.9 Å². The van der Waals surface area contributed by atoms with Crippen LogP contribution in [0.5, 0.6) is 11.5 Å². The summed E-state index contributed by atoms with van der Waals surface area (Å²) in [6.45, 7) is 0. The summed E-state index contributed by atoms with van der Waals surface area (Å²) in [7, 11) is 0. The maximum atomic E-state index is 14.1. The van der Waals surface area contributed by atoms with E-state index in [2.05, 4.69) is 0 Å². The maximum absolute atomic E-state index is 14.1. The molecule has 0 heterocycles. The van der Waals surface area contributed by atoms with Crippen molar-refractivity contribution in [3.8, 4) is 44.9 Å². The van der Waals surface area contributed by atoms with Crippen molar-refractivity contribution in [2.45, 2.75) is 0 Å². The molecule has 0 fully saturated rings. The molecule has 0 N–H and O–H groups in total. The normalized spacial score (nSPS) is 10.6. The van der Waals surface area contributed by atoms with Gasteiger partial charge in [0.1, 0.15) is 0 Å². The summed E-state index contributed by atoms with van der Waals surface area (Å²) in [5, 5.41) is 31.6. The molecule has 0 bridgehead atoms. The summed E-state index contributed by atoms with van der Waals surface area (Å²) < 4.78 is 0. The van der Waals surface area contributed by atoms with Crippen molar-refractivity contribution in [1.82, 2.24) is 0 Å². The van der Waals surface area contributed by atoms with E-state index in [1.54, 1.807) is 0 Å². The Bertz CT molecular complexity index is 1540. The minimum Gasteiger partial charge on any atom is -0.872 e. The summed E-state index contributed by atoms with van der Waals surface area (Å²) >= 11 is 0. The zero-order chi connectivity index (χ0) is 23.1. The van der Waals surface area contributed by atoms with Crippen LogP contribution in [0.2, 0.25) is 0 Å². The molecule has 2 nitrogen and oxygen atoms in total. The Kier molecular flexibility index (Phi) is 7.66.